The van der Waals surface area contributed by atoms with Crippen LogP contribution in [0.2, 0.25) is 0 Å². The van der Waals surface area contributed by atoms with Gasteiger partial charge in [-0.15, -0.1) is 0 Å². The van der Waals surface area contributed by atoms with Gasteiger partial charge in [0.15, 0.2) is 0 Å². The molecular weight excluding hydrogens is 276 g/mol. The maximum Gasteiger partial charge on any atom is 0.373 e. The molecule has 0 heterocycles. The maximum atomic E-state index is 12.1. The Hall–Kier alpha value is -1.35. The lowest BCUT2D eigenvalue weighted by Gasteiger charge is -2.35. The number of aryl methyl sites for hydroxylation is 2. The van der Waals surface area contributed by atoms with E-state index in [-0.39, 0.29) is 0 Å². The summed E-state index contributed by atoms with van der Waals surface area (Å²) in [5.74, 6) is 0.284. The maximum absolute atomic E-state index is 12.1. The molecule has 1 aromatic rings. The molecule has 1 saturated carbocycles. The molecule has 1 radical (unpaired) electrons. The fourth-order valence-electron chi connectivity index (χ4n) is 3.13. The zero-order chi connectivity index (χ0) is 16.3. The minimum Gasteiger partial charge on any atom is -0.292 e. The minimum absolute atomic E-state index is 0.335. The third-order valence-electron chi connectivity index (χ3n) is 4.46. The number of carbonyl (C=O) groups is 1. The summed E-state index contributed by atoms with van der Waals surface area (Å²) in [6.07, 6.45) is 4.84. The first kappa shape index (κ1) is 17.0. The first-order valence-electron chi connectivity index (χ1n) is 8.07. The highest BCUT2D eigenvalue weighted by Gasteiger charge is 2.31. The van der Waals surface area contributed by atoms with Crippen molar-refractivity contribution >= 4 is 5.97 Å². The van der Waals surface area contributed by atoms with E-state index in [1.165, 1.54) is 0 Å². The smallest absolute Gasteiger partial charge is 0.292 e. The standard InChI is InChI=1S/C19H27O3/c1-13-10-14(2)12-15(11-13)18(20)22-21-17-8-6-16(7-9-17)19(3,4)5/h10-12,16H,6-9H2,1-5H3. The van der Waals surface area contributed by atoms with E-state index in [1.54, 1.807) is 0 Å². The average molecular weight is 303 g/mol. The van der Waals surface area contributed by atoms with Crippen LogP contribution in [0.3, 0.4) is 0 Å². The molecule has 0 atom stereocenters. The summed E-state index contributed by atoms with van der Waals surface area (Å²) in [4.78, 5) is 22.4. The van der Waals surface area contributed by atoms with Crippen molar-refractivity contribution in [1.82, 2.24) is 0 Å². The van der Waals surface area contributed by atoms with Crippen LogP contribution in [0.15, 0.2) is 18.2 Å². The molecule has 0 saturated heterocycles. The monoisotopic (exact) mass is 303 g/mol. The van der Waals surface area contributed by atoms with E-state index in [2.05, 4.69) is 20.8 Å². The molecule has 3 nitrogen and oxygen atoms in total. The third kappa shape index (κ3) is 4.57. The molecule has 0 N–H and O–H groups in total. The predicted molar refractivity (Wildman–Crippen MR) is 87.1 cm³/mol. The first-order chi connectivity index (χ1) is 10.3. The van der Waals surface area contributed by atoms with Crippen molar-refractivity contribution in [3.8, 4) is 0 Å². The molecule has 2 rings (SSSR count). The quantitative estimate of drug-likeness (QED) is 0.571. The molecule has 0 spiro atoms. The molecule has 1 fully saturated rings. The second kappa shape index (κ2) is 6.82. The fraction of sp³-hybridized carbons (Fsp3) is 0.579. The number of carbonyl (C=O) groups excluding carboxylic acids is 1. The Balaban J connectivity index is 1.83. The summed E-state index contributed by atoms with van der Waals surface area (Å²) in [7, 11) is 0. The van der Waals surface area contributed by atoms with E-state index in [0.717, 1.165) is 42.9 Å². The van der Waals surface area contributed by atoms with Crippen molar-refractivity contribution in [3.05, 3.63) is 41.0 Å². The van der Waals surface area contributed by atoms with E-state index in [1.807, 2.05) is 32.0 Å². The molecule has 1 aliphatic rings. The van der Waals surface area contributed by atoms with Gasteiger partial charge >= 0.3 is 5.97 Å². The van der Waals surface area contributed by atoms with Gasteiger partial charge in [-0.3, -0.25) is 4.89 Å². The molecule has 22 heavy (non-hydrogen) atoms. The molecule has 0 amide bonds. The number of rotatable bonds is 3. The lowest BCUT2D eigenvalue weighted by Crippen LogP contribution is -2.26. The van der Waals surface area contributed by atoms with Gasteiger partial charge in [-0.05, 0) is 63.0 Å². The van der Waals surface area contributed by atoms with Crippen LogP contribution in [0.1, 0.15) is 67.9 Å². The SMILES string of the molecule is Cc1cc(C)cc(C(=O)OO[C]2CCC(C(C)(C)C)CC2)c1. The predicted octanol–water partition coefficient (Wildman–Crippen LogP) is 5.16. The number of hydrogen-bond donors (Lipinski definition) is 0. The highest BCUT2D eigenvalue weighted by molar-refractivity contribution is 5.89. The summed E-state index contributed by atoms with van der Waals surface area (Å²) in [5.41, 5.74) is 2.97. The highest BCUT2D eigenvalue weighted by Crippen LogP contribution is 2.40. The highest BCUT2D eigenvalue weighted by atomic mass is 17.2. The largest absolute Gasteiger partial charge is 0.373 e. The fourth-order valence-corrected chi connectivity index (χ4v) is 3.13. The van der Waals surface area contributed by atoms with Crippen LogP contribution in [0.25, 0.3) is 0 Å². The van der Waals surface area contributed by atoms with Crippen LogP contribution >= 0.6 is 0 Å². The normalized spacial score (nSPS) is 17.5. The van der Waals surface area contributed by atoms with Gasteiger partial charge < -0.3 is 0 Å². The first-order valence-corrected chi connectivity index (χ1v) is 8.07. The molecule has 121 valence electrons. The Kier molecular flexibility index (Phi) is 5.28. The van der Waals surface area contributed by atoms with Crippen LogP contribution in [0.5, 0.6) is 0 Å². The molecule has 0 bridgehead atoms. The molecule has 0 unspecified atom stereocenters. The number of benzene rings is 1. The average Bonchev–Trinajstić information content (AvgIpc) is 2.43. The number of hydrogen-bond acceptors (Lipinski definition) is 3. The van der Waals surface area contributed by atoms with E-state index in [0.29, 0.717) is 16.9 Å². The third-order valence-corrected chi connectivity index (χ3v) is 4.46. The molecular formula is C19H27O3. The second-order valence-corrected chi connectivity index (χ2v) is 7.51. The van der Waals surface area contributed by atoms with Crippen molar-refractivity contribution < 1.29 is 14.6 Å². The summed E-state index contributed by atoms with van der Waals surface area (Å²) >= 11 is 0. The summed E-state index contributed by atoms with van der Waals surface area (Å²) in [6.45, 7) is 10.8. The van der Waals surface area contributed by atoms with Crippen molar-refractivity contribution in [1.29, 1.82) is 0 Å². The van der Waals surface area contributed by atoms with Crippen LogP contribution in [0, 0.1) is 31.3 Å². The Morgan fingerprint density at radius 1 is 1.05 bits per heavy atom. The summed E-state index contributed by atoms with van der Waals surface area (Å²) < 4.78 is 0. The molecule has 0 aromatic heterocycles. The second-order valence-electron chi connectivity index (χ2n) is 7.51. The van der Waals surface area contributed by atoms with E-state index in [9.17, 15) is 4.79 Å². The van der Waals surface area contributed by atoms with Crippen LogP contribution in [-0.4, -0.2) is 5.97 Å². The molecule has 0 aliphatic heterocycles. The Labute approximate surface area is 133 Å². The van der Waals surface area contributed by atoms with Gasteiger partial charge in [0.2, 0.25) is 0 Å². The van der Waals surface area contributed by atoms with Gasteiger partial charge in [0.05, 0.1) is 5.56 Å². The van der Waals surface area contributed by atoms with Gasteiger partial charge in [0.1, 0.15) is 6.10 Å². The van der Waals surface area contributed by atoms with Gasteiger partial charge in [0, 0.05) is 0 Å². The van der Waals surface area contributed by atoms with Crippen LogP contribution < -0.4 is 0 Å². The Morgan fingerprint density at radius 3 is 2.09 bits per heavy atom. The van der Waals surface area contributed by atoms with E-state index < -0.39 is 5.97 Å². The molecule has 1 aromatic carbocycles. The summed E-state index contributed by atoms with van der Waals surface area (Å²) in [5, 5.41) is 0. The van der Waals surface area contributed by atoms with Crippen LogP contribution in [0.4, 0.5) is 0 Å². The molecule has 1 aliphatic carbocycles. The van der Waals surface area contributed by atoms with E-state index >= 15 is 0 Å². The van der Waals surface area contributed by atoms with E-state index in [4.69, 9.17) is 9.78 Å². The topological polar surface area (TPSA) is 35.5 Å². The minimum atomic E-state index is -0.419. The lowest BCUT2D eigenvalue weighted by molar-refractivity contribution is -0.241. The van der Waals surface area contributed by atoms with Crippen molar-refractivity contribution in [2.45, 2.75) is 60.3 Å². The van der Waals surface area contributed by atoms with Gasteiger partial charge in [-0.25, -0.2) is 4.79 Å². The Bertz CT molecular complexity index is 500. The van der Waals surface area contributed by atoms with Gasteiger partial charge in [-0.2, -0.15) is 4.89 Å². The van der Waals surface area contributed by atoms with Crippen molar-refractivity contribution in [2.75, 3.05) is 0 Å². The lowest BCUT2D eigenvalue weighted by atomic mass is 9.72. The van der Waals surface area contributed by atoms with Crippen LogP contribution in [-0.2, 0) is 9.78 Å². The summed E-state index contributed by atoms with van der Waals surface area (Å²) in [6, 6.07) is 5.67. The van der Waals surface area contributed by atoms with Crippen molar-refractivity contribution in [3.63, 3.8) is 0 Å². The molecule has 3 heteroatoms. The van der Waals surface area contributed by atoms with Gasteiger partial charge in [0.25, 0.3) is 0 Å². The van der Waals surface area contributed by atoms with Crippen molar-refractivity contribution in [2.24, 2.45) is 11.3 Å². The Morgan fingerprint density at radius 2 is 1.59 bits per heavy atom. The zero-order valence-corrected chi connectivity index (χ0v) is 14.4. The zero-order valence-electron chi connectivity index (χ0n) is 14.4. The van der Waals surface area contributed by atoms with Gasteiger partial charge in [-0.1, -0.05) is 38.0 Å².